The molecule has 0 atom stereocenters. The summed E-state index contributed by atoms with van der Waals surface area (Å²) in [6.07, 6.45) is 0. The molecule has 0 aliphatic rings. The molecule has 3 nitrogen and oxygen atoms in total. The number of hydrogen-bond donors (Lipinski definition) is 1. The second kappa shape index (κ2) is 5.10. The Morgan fingerprint density at radius 2 is 2.00 bits per heavy atom. The van der Waals surface area contributed by atoms with Gasteiger partial charge in [0.05, 0.1) is 5.02 Å². The molecule has 0 amide bonds. The van der Waals surface area contributed by atoms with Crippen molar-refractivity contribution in [3.8, 4) is 11.5 Å². The molecule has 0 heterocycles. The van der Waals surface area contributed by atoms with Crippen molar-refractivity contribution in [3.05, 3.63) is 53.1 Å². The summed E-state index contributed by atoms with van der Waals surface area (Å²) < 4.78 is 5.62. The van der Waals surface area contributed by atoms with Crippen molar-refractivity contribution in [1.29, 1.82) is 0 Å². The molecule has 92 valence electrons. The van der Waals surface area contributed by atoms with Crippen LogP contribution in [0.1, 0.15) is 17.3 Å². The summed E-state index contributed by atoms with van der Waals surface area (Å²) in [5.41, 5.74) is 6.77. The van der Waals surface area contributed by atoms with Crippen LogP contribution in [-0.4, -0.2) is 5.78 Å². The quantitative estimate of drug-likeness (QED) is 0.673. The van der Waals surface area contributed by atoms with Gasteiger partial charge in [0.25, 0.3) is 0 Å². The Labute approximate surface area is 110 Å². The van der Waals surface area contributed by atoms with Crippen LogP contribution in [0.15, 0.2) is 42.5 Å². The molecule has 2 rings (SSSR count). The van der Waals surface area contributed by atoms with Gasteiger partial charge in [-0.2, -0.15) is 0 Å². The van der Waals surface area contributed by atoms with E-state index in [4.69, 9.17) is 22.1 Å². The Morgan fingerprint density at radius 3 is 2.67 bits per heavy atom. The lowest BCUT2D eigenvalue weighted by atomic mass is 10.1. The van der Waals surface area contributed by atoms with E-state index in [1.807, 2.05) is 0 Å². The smallest absolute Gasteiger partial charge is 0.159 e. The van der Waals surface area contributed by atoms with Crippen molar-refractivity contribution in [2.24, 2.45) is 0 Å². The predicted molar refractivity (Wildman–Crippen MR) is 72.4 cm³/mol. The number of anilines is 1. The summed E-state index contributed by atoms with van der Waals surface area (Å²) in [6.45, 7) is 1.51. The number of benzene rings is 2. The molecule has 2 aromatic carbocycles. The molecule has 2 aromatic rings. The van der Waals surface area contributed by atoms with Crippen LogP contribution < -0.4 is 10.5 Å². The molecule has 0 radical (unpaired) electrons. The average Bonchev–Trinajstić information content (AvgIpc) is 2.33. The highest BCUT2D eigenvalue weighted by Gasteiger charge is 2.05. The van der Waals surface area contributed by atoms with Crippen molar-refractivity contribution in [2.75, 3.05) is 5.73 Å². The van der Waals surface area contributed by atoms with Crippen LogP contribution >= 0.6 is 11.6 Å². The lowest BCUT2D eigenvalue weighted by Crippen LogP contribution is -1.93. The molecule has 4 heteroatoms. The molecule has 0 aromatic heterocycles. The van der Waals surface area contributed by atoms with Crippen LogP contribution in [0.4, 0.5) is 5.69 Å². The molecular formula is C14H12ClNO2. The Balaban J connectivity index is 2.28. The maximum Gasteiger partial charge on any atom is 0.159 e. The van der Waals surface area contributed by atoms with Crippen LogP contribution in [0.3, 0.4) is 0 Å². The number of carbonyl (C=O) groups excluding carboxylic acids is 1. The Bertz CT molecular complexity index is 596. The summed E-state index contributed by atoms with van der Waals surface area (Å²) in [4.78, 5) is 11.3. The second-order valence-electron chi connectivity index (χ2n) is 3.88. The van der Waals surface area contributed by atoms with E-state index in [1.54, 1.807) is 42.5 Å². The van der Waals surface area contributed by atoms with Gasteiger partial charge >= 0.3 is 0 Å². The highest BCUT2D eigenvalue weighted by Crippen LogP contribution is 2.31. The minimum atomic E-state index is -0.0103. The molecule has 0 fully saturated rings. The van der Waals surface area contributed by atoms with Crippen molar-refractivity contribution < 1.29 is 9.53 Å². The van der Waals surface area contributed by atoms with E-state index in [0.717, 1.165) is 0 Å². The number of carbonyl (C=O) groups is 1. The maximum atomic E-state index is 11.3. The first-order valence-corrected chi connectivity index (χ1v) is 5.78. The van der Waals surface area contributed by atoms with Crippen LogP contribution in [0.5, 0.6) is 11.5 Å². The van der Waals surface area contributed by atoms with E-state index in [0.29, 0.717) is 27.8 Å². The first kappa shape index (κ1) is 12.5. The van der Waals surface area contributed by atoms with Crippen molar-refractivity contribution in [2.45, 2.75) is 6.92 Å². The van der Waals surface area contributed by atoms with Crippen molar-refractivity contribution >= 4 is 23.1 Å². The number of Topliss-reactive ketones (excluding diaryl/α,β-unsaturated/α-hetero) is 1. The maximum absolute atomic E-state index is 11.3. The predicted octanol–water partition coefficient (Wildman–Crippen LogP) is 3.92. The average molecular weight is 262 g/mol. The zero-order valence-corrected chi connectivity index (χ0v) is 10.6. The molecule has 0 unspecified atom stereocenters. The lowest BCUT2D eigenvalue weighted by molar-refractivity contribution is 0.101. The molecule has 18 heavy (non-hydrogen) atoms. The fraction of sp³-hybridized carbons (Fsp3) is 0.0714. The number of nitrogens with two attached hydrogens (primary N) is 1. The number of ether oxygens (including phenoxy) is 1. The second-order valence-corrected chi connectivity index (χ2v) is 4.28. The molecule has 2 N–H and O–H groups in total. The number of hydrogen-bond acceptors (Lipinski definition) is 3. The molecule has 0 aliphatic carbocycles. The number of halogens is 1. The van der Waals surface area contributed by atoms with Gasteiger partial charge < -0.3 is 10.5 Å². The minimum absolute atomic E-state index is 0.0103. The van der Waals surface area contributed by atoms with E-state index in [9.17, 15) is 4.79 Å². The zero-order chi connectivity index (χ0) is 13.1. The highest BCUT2D eigenvalue weighted by molar-refractivity contribution is 6.32. The number of rotatable bonds is 3. The normalized spacial score (nSPS) is 10.1. The van der Waals surface area contributed by atoms with E-state index in [-0.39, 0.29) is 5.78 Å². The van der Waals surface area contributed by atoms with E-state index in [2.05, 4.69) is 0 Å². The van der Waals surface area contributed by atoms with Crippen LogP contribution in [0.2, 0.25) is 5.02 Å². The molecule has 0 aliphatic heterocycles. The third-order valence-corrected chi connectivity index (χ3v) is 2.72. The standard InChI is InChI=1S/C14H12ClNO2/c1-9(17)10-3-2-4-12(7-10)18-14-6-5-11(16)8-13(14)15/h2-8H,16H2,1H3. The molecular weight excluding hydrogens is 250 g/mol. The van der Waals surface area contributed by atoms with Gasteiger partial charge in [0.2, 0.25) is 0 Å². The van der Waals surface area contributed by atoms with Gasteiger partial charge in [0.15, 0.2) is 5.78 Å². The van der Waals surface area contributed by atoms with E-state index < -0.39 is 0 Å². The fourth-order valence-electron chi connectivity index (χ4n) is 1.51. The van der Waals surface area contributed by atoms with Gasteiger partial charge in [-0.15, -0.1) is 0 Å². The first-order valence-electron chi connectivity index (χ1n) is 5.40. The van der Waals surface area contributed by atoms with Gasteiger partial charge in [-0.1, -0.05) is 23.7 Å². The summed E-state index contributed by atoms with van der Waals surface area (Å²) in [5, 5.41) is 0.434. The van der Waals surface area contributed by atoms with Gasteiger partial charge in [-0.05, 0) is 37.3 Å². The van der Waals surface area contributed by atoms with E-state index in [1.165, 1.54) is 6.92 Å². The number of nitrogen functional groups attached to an aromatic ring is 1. The molecule has 0 bridgehead atoms. The molecule has 0 saturated carbocycles. The van der Waals surface area contributed by atoms with Crippen LogP contribution in [-0.2, 0) is 0 Å². The van der Waals surface area contributed by atoms with Crippen molar-refractivity contribution in [1.82, 2.24) is 0 Å². The first-order chi connectivity index (χ1) is 8.56. The third kappa shape index (κ3) is 2.81. The highest BCUT2D eigenvalue weighted by atomic mass is 35.5. The Hall–Kier alpha value is -2.00. The van der Waals surface area contributed by atoms with Crippen LogP contribution in [0.25, 0.3) is 0 Å². The summed E-state index contributed by atoms with van der Waals surface area (Å²) in [6, 6.07) is 11.9. The summed E-state index contributed by atoms with van der Waals surface area (Å²) >= 11 is 6.01. The summed E-state index contributed by atoms with van der Waals surface area (Å²) in [5.74, 6) is 1.06. The minimum Gasteiger partial charge on any atom is -0.456 e. The lowest BCUT2D eigenvalue weighted by Gasteiger charge is -2.08. The SMILES string of the molecule is CC(=O)c1cccc(Oc2ccc(N)cc2Cl)c1. The summed E-state index contributed by atoms with van der Waals surface area (Å²) in [7, 11) is 0. The van der Waals surface area contributed by atoms with Gasteiger partial charge in [0, 0.05) is 11.3 Å². The largest absolute Gasteiger partial charge is 0.456 e. The topological polar surface area (TPSA) is 52.3 Å². The Morgan fingerprint density at radius 1 is 1.22 bits per heavy atom. The monoisotopic (exact) mass is 261 g/mol. The van der Waals surface area contributed by atoms with Gasteiger partial charge in [-0.3, -0.25) is 4.79 Å². The Kier molecular flexibility index (Phi) is 3.53. The van der Waals surface area contributed by atoms with Gasteiger partial charge in [-0.25, -0.2) is 0 Å². The van der Waals surface area contributed by atoms with Crippen LogP contribution in [0, 0.1) is 0 Å². The van der Waals surface area contributed by atoms with Gasteiger partial charge in [0.1, 0.15) is 11.5 Å². The fourth-order valence-corrected chi connectivity index (χ4v) is 1.73. The molecule has 0 spiro atoms. The van der Waals surface area contributed by atoms with E-state index >= 15 is 0 Å². The zero-order valence-electron chi connectivity index (χ0n) is 9.81. The molecule has 0 saturated heterocycles. The third-order valence-electron chi connectivity index (χ3n) is 2.42. The van der Waals surface area contributed by atoms with Crippen molar-refractivity contribution in [3.63, 3.8) is 0 Å². The number of ketones is 1.